The first-order valence-electron chi connectivity index (χ1n) is 9.30. The Bertz CT molecular complexity index is 1160. The number of halogens is 1. The van der Waals surface area contributed by atoms with E-state index in [0.717, 1.165) is 27.0 Å². The van der Waals surface area contributed by atoms with Crippen molar-refractivity contribution in [3.63, 3.8) is 0 Å². The summed E-state index contributed by atoms with van der Waals surface area (Å²) in [6, 6.07) is 25.5. The standard InChI is InChI=1S/C25H19BrN2O/c1-18-7-9-20(10-8-18)25-21(11-16-24(29)19-5-3-2-4-6-19)17-28(27-25)23-14-12-22(26)13-15-23/h2-17H,1H3/b16-11+. The number of ketones is 1. The van der Waals surface area contributed by atoms with Gasteiger partial charge in [0.2, 0.25) is 0 Å². The molecular weight excluding hydrogens is 424 g/mol. The maximum Gasteiger partial charge on any atom is 0.185 e. The Labute approximate surface area is 178 Å². The molecule has 1 aromatic heterocycles. The fraction of sp³-hybridized carbons (Fsp3) is 0.0400. The lowest BCUT2D eigenvalue weighted by Gasteiger charge is -2.01. The number of carbonyl (C=O) groups excluding carboxylic acids is 1. The van der Waals surface area contributed by atoms with E-state index in [0.29, 0.717) is 5.56 Å². The van der Waals surface area contributed by atoms with Crippen molar-refractivity contribution >= 4 is 27.8 Å². The Balaban J connectivity index is 1.74. The van der Waals surface area contributed by atoms with Crippen molar-refractivity contribution in [1.29, 1.82) is 0 Å². The van der Waals surface area contributed by atoms with Gasteiger partial charge in [-0.3, -0.25) is 4.79 Å². The lowest BCUT2D eigenvalue weighted by Crippen LogP contribution is -1.94. The average molecular weight is 443 g/mol. The number of aromatic nitrogens is 2. The van der Waals surface area contributed by atoms with E-state index < -0.39 is 0 Å². The molecule has 0 spiro atoms. The summed E-state index contributed by atoms with van der Waals surface area (Å²) in [6.07, 6.45) is 5.40. The highest BCUT2D eigenvalue weighted by Crippen LogP contribution is 2.26. The molecule has 4 aromatic rings. The molecule has 4 rings (SSSR count). The zero-order chi connectivity index (χ0) is 20.2. The van der Waals surface area contributed by atoms with Gasteiger partial charge in [-0.05, 0) is 43.3 Å². The molecule has 0 saturated heterocycles. The third-order valence-electron chi connectivity index (χ3n) is 4.63. The lowest BCUT2D eigenvalue weighted by atomic mass is 10.0. The monoisotopic (exact) mass is 442 g/mol. The number of carbonyl (C=O) groups is 1. The van der Waals surface area contributed by atoms with Crippen LogP contribution in [0.2, 0.25) is 0 Å². The number of hydrogen-bond acceptors (Lipinski definition) is 2. The van der Waals surface area contributed by atoms with Gasteiger partial charge in [-0.15, -0.1) is 0 Å². The second-order valence-electron chi connectivity index (χ2n) is 6.78. The molecule has 29 heavy (non-hydrogen) atoms. The Morgan fingerprint density at radius 2 is 1.62 bits per heavy atom. The van der Waals surface area contributed by atoms with Crippen LogP contribution in [0.15, 0.2) is 95.6 Å². The fourth-order valence-corrected chi connectivity index (χ4v) is 3.30. The van der Waals surface area contributed by atoms with Crippen LogP contribution in [0.25, 0.3) is 23.0 Å². The summed E-state index contributed by atoms with van der Waals surface area (Å²) in [7, 11) is 0. The van der Waals surface area contributed by atoms with Crippen molar-refractivity contribution in [2.75, 3.05) is 0 Å². The van der Waals surface area contributed by atoms with E-state index in [4.69, 9.17) is 5.10 Å². The molecule has 142 valence electrons. The van der Waals surface area contributed by atoms with Crippen LogP contribution in [0.4, 0.5) is 0 Å². The SMILES string of the molecule is Cc1ccc(-c2nn(-c3ccc(Br)cc3)cc2/C=C/C(=O)c2ccccc2)cc1. The summed E-state index contributed by atoms with van der Waals surface area (Å²) in [6.45, 7) is 2.06. The van der Waals surface area contributed by atoms with Gasteiger partial charge in [0.1, 0.15) is 0 Å². The number of nitrogens with zero attached hydrogens (tertiary/aromatic N) is 2. The molecule has 0 unspecified atom stereocenters. The third-order valence-corrected chi connectivity index (χ3v) is 5.16. The molecular formula is C25H19BrN2O. The number of benzene rings is 3. The van der Waals surface area contributed by atoms with E-state index in [1.165, 1.54) is 5.56 Å². The Morgan fingerprint density at radius 1 is 0.931 bits per heavy atom. The van der Waals surface area contributed by atoms with Crippen molar-refractivity contribution in [2.24, 2.45) is 0 Å². The van der Waals surface area contributed by atoms with Crippen LogP contribution in [0.5, 0.6) is 0 Å². The molecule has 3 nitrogen and oxygen atoms in total. The zero-order valence-corrected chi connectivity index (χ0v) is 17.5. The van der Waals surface area contributed by atoms with Gasteiger partial charge in [0, 0.05) is 27.4 Å². The number of allylic oxidation sites excluding steroid dienone is 1. The zero-order valence-electron chi connectivity index (χ0n) is 15.9. The van der Waals surface area contributed by atoms with Crippen molar-refractivity contribution < 1.29 is 4.79 Å². The topological polar surface area (TPSA) is 34.9 Å². The summed E-state index contributed by atoms with van der Waals surface area (Å²) in [5.74, 6) is -0.0307. The second kappa shape index (κ2) is 8.41. The van der Waals surface area contributed by atoms with Gasteiger partial charge in [-0.2, -0.15) is 5.10 Å². The van der Waals surface area contributed by atoms with Crippen molar-refractivity contribution in [1.82, 2.24) is 9.78 Å². The van der Waals surface area contributed by atoms with Gasteiger partial charge in [0.05, 0.1) is 11.4 Å². The van der Waals surface area contributed by atoms with E-state index in [2.05, 4.69) is 47.1 Å². The van der Waals surface area contributed by atoms with Gasteiger partial charge in [-0.25, -0.2) is 4.68 Å². The maximum absolute atomic E-state index is 12.5. The quantitative estimate of drug-likeness (QED) is 0.261. The highest BCUT2D eigenvalue weighted by Gasteiger charge is 2.11. The predicted molar refractivity (Wildman–Crippen MR) is 121 cm³/mol. The summed E-state index contributed by atoms with van der Waals surface area (Å²) in [5, 5.41) is 4.80. The fourth-order valence-electron chi connectivity index (χ4n) is 3.04. The lowest BCUT2D eigenvalue weighted by molar-refractivity contribution is 0.104. The van der Waals surface area contributed by atoms with Gasteiger partial charge < -0.3 is 0 Å². The minimum Gasteiger partial charge on any atom is -0.289 e. The van der Waals surface area contributed by atoms with E-state index in [1.54, 1.807) is 6.08 Å². The van der Waals surface area contributed by atoms with E-state index >= 15 is 0 Å². The van der Waals surface area contributed by atoms with Gasteiger partial charge in [-0.1, -0.05) is 76.1 Å². The number of aryl methyl sites for hydroxylation is 1. The third kappa shape index (κ3) is 4.44. The molecule has 0 radical (unpaired) electrons. The summed E-state index contributed by atoms with van der Waals surface area (Å²) < 4.78 is 2.86. The number of rotatable bonds is 5. The molecule has 0 aliphatic rings. The predicted octanol–water partition coefficient (Wildman–Crippen LogP) is 6.51. The minimum atomic E-state index is -0.0307. The average Bonchev–Trinajstić information content (AvgIpc) is 3.18. The molecule has 0 aliphatic carbocycles. The Hall–Kier alpha value is -3.24. The van der Waals surface area contributed by atoms with E-state index in [9.17, 15) is 4.79 Å². The van der Waals surface area contributed by atoms with Crippen LogP contribution in [0.1, 0.15) is 21.5 Å². The first-order chi connectivity index (χ1) is 14.1. The molecule has 0 N–H and O–H groups in total. The van der Waals surface area contributed by atoms with Gasteiger partial charge in [0.15, 0.2) is 5.78 Å². The largest absolute Gasteiger partial charge is 0.289 e. The van der Waals surface area contributed by atoms with Crippen LogP contribution in [0, 0.1) is 6.92 Å². The van der Waals surface area contributed by atoms with Gasteiger partial charge >= 0.3 is 0 Å². The molecule has 0 bridgehead atoms. The maximum atomic E-state index is 12.5. The van der Waals surface area contributed by atoms with Crippen molar-refractivity contribution in [3.05, 3.63) is 112 Å². The highest BCUT2D eigenvalue weighted by molar-refractivity contribution is 9.10. The minimum absolute atomic E-state index is 0.0307. The van der Waals surface area contributed by atoms with Crippen LogP contribution < -0.4 is 0 Å². The Morgan fingerprint density at radius 3 is 2.31 bits per heavy atom. The molecule has 1 heterocycles. The van der Waals surface area contributed by atoms with Crippen molar-refractivity contribution in [3.8, 4) is 16.9 Å². The molecule has 0 atom stereocenters. The molecule has 0 aliphatic heterocycles. The molecule has 0 saturated carbocycles. The molecule has 3 aromatic carbocycles. The normalized spacial score (nSPS) is 11.1. The van der Waals surface area contributed by atoms with Gasteiger partial charge in [0.25, 0.3) is 0 Å². The smallest absolute Gasteiger partial charge is 0.185 e. The molecule has 0 fully saturated rings. The molecule has 0 amide bonds. The number of hydrogen-bond donors (Lipinski definition) is 0. The summed E-state index contributed by atoms with van der Waals surface area (Å²) >= 11 is 3.47. The first-order valence-corrected chi connectivity index (χ1v) is 10.1. The van der Waals surface area contributed by atoms with Crippen LogP contribution in [-0.2, 0) is 0 Å². The van der Waals surface area contributed by atoms with Crippen molar-refractivity contribution in [2.45, 2.75) is 6.92 Å². The summed E-state index contributed by atoms with van der Waals surface area (Å²) in [4.78, 5) is 12.5. The highest BCUT2D eigenvalue weighted by atomic mass is 79.9. The van der Waals surface area contributed by atoms with Crippen LogP contribution >= 0.6 is 15.9 Å². The van der Waals surface area contributed by atoms with Crippen LogP contribution in [-0.4, -0.2) is 15.6 Å². The van der Waals surface area contributed by atoms with E-state index in [1.807, 2.05) is 71.6 Å². The molecule has 4 heteroatoms. The van der Waals surface area contributed by atoms with Crippen LogP contribution in [0.3, 0.4) is 0 Å². The summed E-state index contributed by atoms with van der Waals surface area (Å²) in [5.41, 5.74) is 5.55. The van der Waals surface area contributed by atoms with E-state index in [-0.39, 0.29) is 5.78 Å². The first kappa shape index (κ1) is 19.1. The Kier molecular flexibility index (Phi) is 5.54. The second-order valence-corrected chi connectivity index (χ2v) is 7.70.